The van der Waals surface area contributed by atoms with Gasteiger partial charge >= 0.3 is 0 Å². The highest BCUT2D eigenvalue weighted by molar-refractivity contribution is 7.89. The molecule has 2 aromatic heterocycles. The summed E-state index contributed by atoms with van der Waals surface area (Å²) in [6, 6.07) is 15.7. The molecule has 1 fully saturated rings. The van der Waals surface area contributed by atoms with Crippen LogP contribution in [-0.4, -0.2) is 40.1 Å². The van der Waals surface area contributed by atoms with E-state index < -0.39 is 10.0 Å². The van der Waals surface area contributed by atoms with Gasteiger partial charge in [-0.1, -0.05) is 23.8 Å². The van der Waals surface area contributed by atoms with E-state index in [-0.39, 0.29) is 12.0 Å². The van der Waals surface area contributed by atoms with Gasteiger partial charge in [-0.05, 0) is 62.1 Å². The molecule has 0 unspecified atom stereocenters. The Hall–Kier alpha value is -2.90. The maximum absolute atomic E-state index is 13.2. The van der Waals surface area contributed by atoms with Gasteiger partial charge in [0.05, 0.1) is 11.1 Å². The van der Waals surface area contributed by atoms with E-state index in [1.807, 2.05) is 38.4 Å². The minimum Gasteiger partial charge on any atom is -0.347 e. The van der Waals surface area contributed by atoms with E-state index in [9.17, 15) is 8.42 Å². The number of sulfonamides is 1. The van der Waals surface area contributed by atoms with Gasteiger partial charge in [0.15, 0.2) is 0 Å². The lowest BCUT2D eigenvalue weighted by Gasteiger charge is -2.21. The fraction of sp³-hybridized carbons (Fsp3) is 0.292. The molecule has 5 rings (SSSR count). The molecule has 1 aliphatic heterocycles. The van der Waals surface area contributed by atoms with Gasteiger partial charge in [0.1, 0.15) is 0 Å². The Morgan fingerprint density at radius 2 is 1.90 bits per heavy atom. The van der Waals surface area contributed by atoms with E-state index in [1.54, 1.807) is 16.4 Å². The van der Waals surface area contributed by atoms with Gasteiger partial charge in [0, 0.05) is 48.0 Å². The van der Waals surface area contributed by atoms with E-state index in [4.69, 9.17) is 0 Å². The van der Waals surface area contributed by atoms with Crippen LogP contribution in [0.15, 0.2) is 72.0 Å². The molecule has 1 aliphatic rings. The van der Waals surface area contributed by atoms with Crippen LogP contribution in [-0.2, 0) is 16.6 Å². The lowest BCUT2D eigenvalue weighted by molar-refractivity contribution is 0.399. The Kier molecular flexibility index (Phi) is 4.95. The highest BCUT2D eigenvalue weighted by Gasteiger charge is 2.37. The summed E-state index contributed by atoms with van der Waals surface area (Å²) in [6.45, 7) is 5.32. The summed E-state index contributed by atoms with van der Waals surface area (Å²) in [4.78, 5) is 0.379. The molecule has 1 N–H and O–H groups in total. The van der Waals surface area contributed by atoms with Crippen LogP contribution >= 0.6 is 0 Å². The van der Waals surface area contributed by atoms with Crippen molar-refractivity contribution in [2.75, 3.05) is 6.54 Å². The fourth-order valence-electron chi connectivity index (χ4n) is 4.65. The number of benzene rings is 2. The van der Waals surface area contributed by atoms with Gasteiger partial charge in [0.25, 0.3) is 0 Å². The number of aromatic nitrogens is 3. The minimum atomic E-state index is -3.47. The summed E-state index contributed by atoms with van der Waals surface area (Å²) in [5.41, 5.74) is 4.42. The first-order chi connectivity index (χ1) is 14.9. The van der Waals surface area contributed by atoms with Crippen LogP contribution in [0.25, 0.3) is 22.0 Å². The van der Waals surface area contributed by atoms with Crippen molar-refractivity contribution < 1.29 is 8.42 Å². The number of rotatable bonds is 5. The van der Waals surface area contributed by atoms with E-state index in [0.29, 0.717) is 11.4 Å². The number of hydrogen-bond acceptors (Lipinski definition) is 3. The molecule has 160 valence electrons. The number of nitrogens with zero attached hydrogens (tertiary/aromatic N) is 3. The standard InChI is InChI=1S/C24H26N4O2S/c1-17-3-6-23(7-4-17)31(29,30)28-16-19(11-18(28)2)15-27-10-9-21-12-20(5-8-24(21)27)22-13-25-26-14-22/h3-10,12-14,18-19H,11,15-16H2,1-2H3,(H,25,26)/t18-,19-/m1/s1. The zero-order chi connectivity index (χ0) is 21.6. The van der Waals surface area contributed by atoms with Crippen LogP contribution in [0.2, 0.25) is 0 Å². The van der Waals surface area contributed by atoms with Gasteiger partial charge in [0.2, 0.25) is 10.0 Å². The smallest absolute Gasteiger partial charge is 0.243 e. The van der Waals surface area contributed by atoms with E-state index in [2.05, 4.69) is 45.2 Å². The Balaban J connectivity index is 1.35. The van der Waals surface area contributed by atoms with Gasteiger partial charge in [-0.2, -0.15) is 9.40 Å². The van der Waals surface area contributed by atoms with Crippen LogP contribution < -0.4 is 0 Å². The summed E-state index contributed by atoms with van der Waals surface area (Å²) < 4.78 is 30.3. The molecule has 2 atom stereocenters. The molecular formula is C24H26N4O2S. The Labute approximate surface area is 182 Å². The van der Waals surface area contributed by atoms with Crippen LogP contribution in [0.4, 0.5) is 0 Å². The molecule has 0 bridgehead atoms. The Morgan fingerprint density at radius 1 is 1.10 bits per heavy atom. The molecule has 0 spiro atoms. The largest absolute Gasteiger partial charge is 0.347 e. The quantitative estimate of drug-likeness (QED) is 0.505. The molecule has 3 heterocycles. The number of fused-ring (bicyclic) bond motifs is 1. The summed E-state index contributed by atoms with van der Waals surface area (Å²) in [5, 5.41) is 8.06. The summed E-state index contributed by atoms with van der Waals surface area (Å²) in [6.07, 6.45) is 6.67. The van der Waals surface area contributed by atoms with Crippen molar-refractivity contribution in [1.29, 1.82) is 0 Å². The van der Waals surface area contributed by atoms with Crippen molar-refractivity contribution in [2.24, 2.45) is 5.92 Å². The monoisotopic (exact) mass is 434 g/mol. The second-order valence-electron chi connectivity index (χ2n) is 8.57. The Bertz CT molecular complexity index is 1310. The van der Waals surface area contributed by atoms with E-state index in [0.717, 1.165) is 29.7 Å². The van der Waals surface area contributed by atoms with Gasteiger partial charge in [-0.3, -0.25) is 5.10 Å². The number of aryl methyl sites for hydroxylation is 1. The second kappa shape index (κ2) is 7.66. The normalized spacial score (nSPS) is 19.9. The highest BCUT2D eigenvalue weighted by Crippen LogP contribution is 2.32. The fourth-order valence-corrected chi connectivity index (χ4v) is 6.37. The molecule has 0 aliphatic carbocycles. The van der Waals surface area contributed by atoms with Crippen molar-refractivity contribution in [3.05, 3.63) is 72.7 Å². The van der Waals surface area contributed by atoms with Crippen molar-refractivity contribution in [2.45, 2.75) is 37.8 Å². The number of nitrogens with one attached hydrogen (secondary N) is 1. The highest BCUT2D eigenvalue weighted by atomic mass is 32.2. The predicted octanol–water partition coefficient (Wildman–Crippen LogP) is 4.44. The first kappa shape index (κ1) is 20.0. The molecule has 7 heteroatoms. The average Bonchev–Trinajstić information content (AvgIpc) is 3.49. The van der Waals surface area contributed by atoms with Crippen LogP contribution in [0.1, 0.15) is 18.9 Å². The third-order valence-electron chi connectivity index (χ3n) is 6.29. The maximum Gasteiger partial charge on any atom is 0.243 e. The zero-order valence-corrected chi connectivity index (χ0v) is 18.5. The molecule has 31 heavy (non-hydrogen) atoms. The summed E-state index contributed by atoms with van der Waals surface area (Å²) in [5.74, 6) is 0.277. The van der Waals surface area contributed by atoms with Crippen molar-refractivity contribution in [3.63, 3.8) is 0 Å². The lowest BCUT2D eigenvalue weighted by atomic mass is 10.1. The second-order valence-corrected chi connectivity index (χ2v) is 10.5. The van der Waals surface area contributed by atoms with E-state index >= 15 is 0 Å². The van der Waals surface area contributed by atoms with Crippen LogP contribution in [0.5, 0.6) is 0 Å². The third kappa shape index (κ3) is 3.68. The SMILES string of the molecule is Cc1ccc(S(=O)(=O)N2C[C@@H](Cn3ccc4cc(-c5cn[nH]c5)ccc43)C[C@H]2C)cc1. The predicted molar refractivity (Wildman–Crippen MR) is 122 cm³/mol. The molecule has 2 aromatic carbocycles. The summed E-state index contributed by atoms with van der Waals surface area (Å²) in [7, 11) is -3.47. The van der Waals surface area contributed by atoms with Gasteiger partial charge in [-0.25, -0.2) is 8.42 Å². The molecule has 0 radical (unpaired) electrons. The van der Waals surface area contributed by atoms with Gasteiger partial charge < -0.3 is 4.57 Å². The van der Waals surface area contributed by atoms with Crippen LogP contribution in [0, 0.1) is 12.8 Å². The number of H-pyrrole nitrogens is 1. The number of aromatic amines is 1. The molecule has 6 nitrogen and oxygen atoms in total. The average molecular weight is 435 g/mol. The van der Waals surface area contributed by atoms with Crippen molar-refractivity contribution >= 4 is 20.9 Å². The molecule has 0 amide bonds. The zero-order valence-electron chi connectivity index (χ0n) is 17.7. The number of hydrogen-bond donors (Lipinski definition) is 1. The Morgan fingerprint density at radius 3 is 2.65 bits per heavy atom. The third-order valence-corrected chi connectivity index (χ3v) is 8.28. The first-order valence-corrected chi connectivity index (χ1v) is 12.0. The molecule has 4 aromatic rings. The van der Waals surface area contributed by atoms with Gasteiger partial charge in [-0.15, -0.1) is 0 Å². The lowest BCUT2D eigenvalue weighted by Crippen LogP contribution is -2.34. The first-order valence-electron chi connectivity index (χ1n) is 10.6. The molecule has 0 saturated carbocycles. The molecular weight excluding hydrogens is 408 g/mol. The van der Waals surface area contributed by atoms with E-state index in [1.165, 1.54) is 10.9 Å². The van der Waals surface area contributed by atoms with Crippen LogP contribution in [0.3, 0.4) is 0 Å². The minimum absolute atomic E-state index is 0.00850. The summed E-state index contributed by atoms with van der Waals surface area (Å²) >= 11 is 0. The molecule has 1 saturated heterocycles. The van der Waals surface area contributed by atoms with Crippen molar-refractivity contribution in [3.8, 4) is 11.1 Å². The maximum atomic E-state index is 13.2. The van der Waals surface area contributed by atoms with Crippen molar-refractivity contribution in [1.82, 2.24) is 19.1 Å². The topological polar surface area (TPSA) is 71.0 Å².